The average molecular weight is 168 g/mol. The molecule has 5 nitrogen and oxygen atoms in total. The quantitative estimate of drug-likeness (QED) is 0.615. The summed E-state index contributed by atoms with van der Waals surface area (Å²) >= 11 is 0. The minimum Gasteiger partial charge on any atom is -0.330 e. The van der Waals surface area contributed by atoms with Gasteiger partial charge in [-0.25, -0.2) is 0 Å². The smallest absolute Gasteiger partial charge is 0.186 e. The predicted octanol–water partition coefficient (Wildman–Crippen LogP) is -0.101. The Balaban J connectivity index is 2.79. The molecule has 1 aromatic heterocycles. The molecule has 0 unspecified atom stereocenters. The van der Waals surface area contributed by atoms with E-state index in [0.29, 0.717) is 30.8 Å². The Bertz CT molecular complexity index is 268. The minimum atomic E-state index is -0.0388. The van der Waals surface area contributed by atoms with Gasteiger partial charge in [0.2, 0.25) is 0 Å². The van der Waals surface area contributed by atoms with Crippen LogP contribution in [0.1, 0.15) is 29.5 Å². The van der Waals surface area contributed by atoms with Crippen LogP contribution in [0.25, 0.3) is 0 Å². The maximum Gasteiger partial charge on any atom is 0.186 e. The SMILES string of the molecule is CCc1n[nH]nc1C(=O)CCN. The lowest BCUT2D eigenvalue weighted by Gasteiger charge is -1.94. The first-order valence-electron chi connectivity index (χ1n) is 3.92. The van der Waals surface area contributed by atoms with Gasteiger partial charge in [-0.1, -0.05) is 6.92 Å². The number of H-pyrrole nitrogens is 1. The zero-order chi connectivity index (χ0) is 8.97. The standard InChI is InChI=1S/C7H12N4O/c1-2-5-7(10-11-9-5)6(12)3-4-8/h2-4,8H2,1H3,(H,9,10,11). The molecular formula is C7H12N4O. The summed E-state index contributed by atoms with van der Waals surface area (Å²) in [4.78, 5) is 11.3. The van der Waals surface area contributed by atoms with Gasteiger partial charge in [0.1, 0.15) is 0 Å². The van der Waals surface area contributed by atoms with Gasteiger partial charge >= 0.3 is 0 Å². The number of carbonyl (C=O) groups excluding carboxylic acids is 1. The first kappa shape index (κ1) is 8.86. The third-order valence-corrected chi connectivity index (χ3v) is 1.59. The number of rotatable bonds is 4. The molecule has 0 aromatic carbocycles. The van der Waals surface area contributed by atoms with E-state index in [0.717, 1.165) is 0 Å². The molecular weight excluding hydrogens is 156 g/mol. The van der Waals surface area contributed by atoms with E-state index < -0.39 is 0 Å². The summed E-state index contributed by atoms with van der Waals surface area (Å²) in [7, 11) is 0. The number of ketones is 1. The van der Waals surface area contributed by atoms with Crippen LogP contribution in [0.15, 0.2) is 0 Å². The maximum absolute atomic E-state index is 11.3. The predicted molar refractivity (Wildman–Crippen MR) is 43.8 cm³/mol. The van der Waals surface area contributed by atoms with Crippen molar-refractivity contribution in [1.82, 2.24) is 15.4 Å². The summed E-state index contributed by atoms with van der Waals surface area (Å²) in [5.41, 5.74) is 6.40. The summed E-state index contributed by atoms with van der Waals surface area (Å²) in [6.45, 7) is 2.28. The molecule has 0 amide bonds. The van der Waals surface area contributed by atoms with Gasteiger partial charge in [0, 0.05) is 6.42 Å². The van der Waals surface area contributed by atoms with Crippen LogP contribution in [0.5, 0.6) is 0 Å². The highest BCUT2D eigenvalue weighted by Gasteiger charge is 2.13. The van der Waals surface area contributed by atoms with E-state index in [1.807, 2.05) is 6.92 Å². The highest BCUT2D eigenvalue weighted by atomic mass is 16.1. The number of nitrogens with zero attached hydrogens (tertiary/aromatic N) is 2. The lowest BCUT2D eigenvalue weighted by Crippen LogP contribution is -2.10. The second-order valence-electron chi connectivity index (χ2n) is 2.43. The Kier molecular flexibility index (Phi) is 2.93. The Morgan fingerprint density at radius 2 is 2.33 bits per heavy atom. The summed E-state index contributed by atoms with van der Waals surface area (Å²) in [5, 5.41) is 10.0. The van der Waals surface area contributed by atoms with Crippen molar-refractivity contribution in [2.75, 3.05) is 6.54 Å². The van der Waals surface area contributed by atoms with Crippen molar-refractivity contribution < 1.29 is 4.79 Å². The Hall–Kier alpha value is -1.23. The zero-order valence-electron chi connectivity index (χ0n) is 7.00. The molecule has 0 saturated heterocycles. The van der Waals surface area contributed by atoms with Gasteiger partial charge in [-0.05, 0) is 13.0 Å². The number of nitrogens with one attached hydrogen (secondary N) is 1. The highest BCUT2D eigenvalue weighted by molar-refractivity contribution is 5.95. The van der Waals surface area contributed by atoms with Crippen LogP contribution in [-0.4, -0.2) is 27.7 Å². The molecule has 1 rings (SSSR count). The largest absolute Gasteiger partial charge is 0.330 e. The first-order valence-corrected chi connectivity index (χ1v) is 3.92. The fraction of sp³-hybridized carbons (Fsp3) is 0.571. The molecule has 0 radical (unpaired) electrons. The molecule has 5 heteroatoms. The molecule has 12 heavy (non-hydrogen) atoms. The molecule has 0 atom stereocenters. The lowest BCUT2D eigenvalue weighted by molar-refractivity contribution is 0.0979. The van der Waals surface area contributed by atoms with Crippen LogP contribution in [0.4, 0.5) is 0 Å². The van der Waals surface area contributed by atoms with Crippen molar-refractivity contribution in [1.29, 1.82) is 0 Å². The number of aromatic amines is 1. The topological polar surface area (TPSA) is 84.7 Å². The molecule has 3 N–H and O–H groups in total. The Morgan fingerprint density at radius 3 is 2.92 bits per heavy atom. The van der Waals surface area contributed by atoms with Gasteiger partial charge < -0.3 is 5.73 Å². The van der Waals surface area contributed by atoms with Crippen molar-refractivity contribution >= 4 is 5.78 Å². The van der Waals surface area contributed by atoms with E-state index in [2.05, 4.69) is 15.4 Å². The number of hydrogen-bond acceptors (Lipinski definition) is 4. The number of Topliss-reactive ketones (excluding diaryl/α,β-unsaturated/α-hetero) is 1. The molecule has 0 spiro atoms. The normalized spacial score (nSPS) is 10.2. The maximum atomic E-state index is 11.3. The van der Waals surface area contributed by atoms with E-state index in [9.17, 15) is 4.79 Å². The van der Waals surface area contributed by atoms with Gasteiger partial charge in [0.15, 0.2) is 11.5 Å². The van der Waals surface area contributed by atoms with Crippen LogP contribution in [0, 0.1) is 0 Å². The van der Waals surface area contributed by atoms with Crippen molar-refractivity contribution in [2.45, 2.75) is 19.8 Å². The zero-order valence-corrected chi connectivity index (χ0v) is 7.00. The molecule has 1 heterocycles. The molecule has 0 bridgehead atoms. The van der Waals surface area contributed by atoms with Crippen LogP contribution in [0.3, 0.4) is 0 Å². The average Bonchev–Trinajstić information content (AvgIpc) is 2.51. The van der Waals surface area contributed by atoms with Gasteiger partial charge in [-0.15, -0.1) is 0 Å². The van der Waals surface area contributed by atoms with Gasteiger partial charge in [-0.2, -0.15) is 15.4 Å². The van der Waals surface area contributed by atoms with Crippen molar-refractivity contribution in [2.24, 2.45) is 5.73 Å². The minimum absolute atomic E-state index is 0.0388. The summed E-state index contributed by atoms with van der Waals surface area (Å²) < 4.78 is 0. The second kappa shape index (κ2) is 3.96. The third kappa shape index (κ3) is 1.68. The number of nitrogens with two attached hydrogens (primary N) is 1. The summed E-state index contributed by atoms with van der Waals surface area (Å²) in [5.74, 6) is -0.0388. The van der Waals surface area contributed by atoms with E-state index >= 15 is 0 Å². The molecule has 1 aromatic rings. The van der Waals surface area contributed by atoms with Gasteiger partial charge in [0.25, 0.3) is 0 Å². The molecule has 0 aliphatic carbocycles. The van der Waals surface area contributed by atoms with E-state index in [1.165, 1.54) is 0 Å². The van der Waals surface area contributed by atoms with Crippen LogP contribution >= 0.6 is 0 Å². The molecule has 0 aliphatic heterocycles. The number of aromatic nitrogens is 3. The number of hydrogen-bond donors (Lipinski definition) is 2. The molecule has 0 saturated carbocycles. The van der Waals surface area contributed by atoms with E-state index in [4.69, 9.17) is 5.73 Å². The fourth-order valence-electron chi connectivity index (χ4n) is 0.972. The van der Waals surface area contributed by atoms with Crippen LogP contribution in [-0.2, 0) is 6.42 Å². The van der Waals surface area contributed by atoms with Crippen LogP contribution in [0.2, 0.25) is 0 Å². The van der Waals surface area contributed by atoms with E-state index in [1.54, 1.807) is 0 Å². The van der Waals surface area contributed by atoms with Gasteiger partial charge in [0.05, 0.1) is 5.69 Å². The first-order chi connectivity index (χ1) is 5.79. The Morgan fingerprint density at radius 1 is 1.58 bits per heavy atom. The van der Waals surface area contributed by atoms with Gasteiger partial charge in [-0.3, -0.25) is 4.79 Å². The Labute approximate surface area is 70.3 Å². The number of carbonyl (C=O) groups is 1. The molecule has 0 fully saturated rings. The van der Waals surface area contributed by atoms with Crippen molar-refractivity contribution in [3.63, 3.8) is 0 Å². The highest BCUT2D eigenvalue weighted by Crippen LogP contribution is 2.04. The summed E-state index contributed by atoms with van der Waals surface area (Å²) in [6.07, 6.45) is 1.04. The van der Waals surface area contributed by atoms with Crippen molar-refractivity contribution in [3.8, 4) is 0 Å². The lowest BCUT2D eigenvalue weighted by atomic mass is 10.1. The number of aryl methyl sites for hydroxylation is 1. The van der Waals surface area contributed by atoms with Crippen molar-refractivity contribution in [3.05, 3.63) is 11.4 Å². The fourth-order valence-corrected chi connectivity index (χ4v) is 0.972. The molecule has 66 valence electrons. The van der Waals surface area contributed by atoms with E-state index in [-0.39, 0.29) is 5.78 Å². The monoisotopic (exact) mass is 168 g/mol. The third-order valence-electron chi connectivity index (χ3n) is 1.59. The molecule has 0 aliphatic rings. The second-order valence-corrected chi connectivity index (χ2v) is 2.43. The van der Waals surface area contributed by atoms with Crippen LogP contribution < -0.4 is 5.73 Å². The summed E-state index contributed by atoms with van der Waals surface area (Å²) in [6, 6.07) is 0.